The molecule has 2 aliphatic rings. The van der Waals surface area contributed by atoms with Gasteiger partial charge in [0.1, 0.15) is 0 Å². The number of hydrogen-bond acceptors (Lipinski definition) is 3. The molecule has 112 valence electrons. The maximum absolute atomic E-state index is 6.07. The van der Waals surface area contributed by atoms with Crippen LogP contribution in [0.1, 0.15) is 65.7 Å². The third-order valence-electron chi connectivity index (χ3n) is 5.31. The first kappa shape index (κ1) is 15.3. The molecule has 5 atom stereocenters. The van der Waals surface area contributed by atoms with E-state index in [4.69, 9.17) is 5.73 Å². The summed E-state index contributed by atoms with van der Waals surface area (Å²) in [6.45, 7) is 7.86. The van der Waals surface area contributed by atoms with Crippen molar-refractivity contribution in [1.29, 1.82) is 0 Å². The smallest absolute Gasteiger partial charge is 0.0366 e. The molecule has 0 aromatic rings. The molecule has 0 radical (unpaired) electrons. The van der Waals surface area contributed by atoms with Gasteiger partial charge in [0.2, 0.25) is 0 Å². The van der Waals surface area contributed by atoms with Gasteiger partial charge in [-0.05, 0) is 51.4 Å². The van der Waals surface area contributed by atoms with E-state index in [9.17, 15) is 0 Å². The Hall–Kier alpha value is -0.120. The van der Waals surface area contributed by atoms with Gasteiger partial charge in [-0.1, -0.05) is 26.2 Å². The topological polar surface area (TPSA) is 41.3 Å². The number of hydrogen-bond donors (Lipinski definition) is 2. The molecule has 0 aromatic heterocycles. The van der Waals surface area contributed by atoms with Gasteiger partial charge in [0, 0.05) is 24.7 Å². The molecule has 3 heteroatoms. The van der Waals surface area contributed by atoms with Crippen molar-refractivity contribution in [3.8, 4) is 0 Å². The first-order chi connectivity index (χ1) is 9.11. The van der Waals surface area contributed by atoms with Crippen LogP contribution in [0.5, 0.6) is 0 Å². The van der Waals surface area contributed by atoms with E-state index in [-0.39, 0.29) is 0 Å². The Kier molecular flexibility index (Phi) is 5.67. The number of piperidine rings is 1. The zero-order valence-electron chi connectivity index (χ0n) is 13.1. The summed E-state index contributed by atoms with van der Waals surface area (Å²) in [5.74, 6) is 1.65. The van der Waals surface area contributed by atoms with E-state index in [1.54, 1.807) is 0 Å². The molecule has 2 fully saturated rings. The van der Waals surface area contributed by atoms with Crippen LogP contribution in [0, 0.1) is 11.8 Å². The highest BCUT2D eigenvalue weighted by Crippen LogP contribution is 2.31. The molecule has 0 amide bonds. The van der Waals surface area contributed by atoms with E-state index in [0.29, 0.717) is 18.1 Å². The lowest BCUT2D eigenvalue weighted by Crippen LogP contribution is -2.59. The molecule has 0 aromatic carbocycles. The van der Waals surface area contributed by atoms with E-state index in [0.717, 1.165) is 18.4 Å². The van der Waals surface area contributed by atoms with Crippen LogP contribution in [0.3, 0.4) is 0 Å². The molecule has 1 saturated heterocycles. The van der Waals surface area contributed by atoms with Crippen LogP contribution < -0.4 is 11.2 Å². The van der Waals surface area contributed by atoms with E-state index >= 15 is 0 Å². The number of nitrogens with two attached hydrogens (primary N) is 1. The summed E-state index contributed by atoms with van der Waals surface area (Å²) in [6.07, 6.45) is 9.50. The minimum Gasteiger partial charge on any atom is -0.329 e. The lowest BCUT2D eigenvalue weighted by Gasteiger charge is -2.44. The average Bonchev–Trinajstić information content (AvgIpc) is 2.38. The predicted octanol–water partition coefficient (Wildman–Crippen LogP) is 2.91. The lowest BCUT2D eigenvalue weighted by atomic mass is 9.78. The number of hydrazine groups is 1. The summed E-state index contributed by atoms with van der Waals surface area (Å²) in [5.41, 5.74) is 9.87. The standard InChI is InChI=1S/C16H33N3/c1-12-6-4-9-15(10-12)16(11-17)18-19-13(2)7-5-8-14(19)3/h12-16,18H,4-11,17H2,1-3H3. The zero-order chi connectivity index (χ0) is 13.8. The van der Waals surface area contributed by atoms with Gasteiger partial charge in [0.25, 0.3) is 0 Å². The SMILES string of the molecule is CC1CCCC(C(CN)NN2C(C)CCCC2C)C1. The second-order valence-electron chi connectivity index (χ2n) is 7.04. The van der Waals surface area contributed by atoms with Crippen molar-refractivity contribution in [2.45, 2.75) is 83.8 Å². The Morgan fingerprint density at radius 2 is 1.68 bits per heavy atom. The maximum Gasteiger partial charge on any atom is 0.0366 e. The summed E-state index contributed by atoms with van der Waals surface area (Å²) in [4.78, 5) is 0. The number of nitrogens with zero attached hydrogens (tertiary/aromatic N) is 1. The zero-order valence-corrected chi connectivity index (χ0v) is 13.1. The minimum absolute atomic E-state index is 0.478. The molecule has 3 nitrogen and oxygen atoms in total. The lowest BCUT2D eigenvalue weighted by molar-refractivity contribution is 0.0139. The predicted molar refractivity (Wildman–Crippen MR) is 81.7 cm³/mol. The molecule has 19 heavy (non-hydrogen) atoms. The average molecular weight is 267 g/mol. The number of rotatable bonds is 4. The minimum atomic E-state index is 0.478. The van der Waals surface area contributed by atoms with Gasteiger partial charge in [0.05, 0.1) is 0 Å². The second-order valence-corrected chi connectivity index (χ2v) is 7.04. The maximum atomic E-state index is 6.07. The Morgan fingerprint density at radius 3 is 2.26 bits per heavy atom. The van der Waals surface area contributed by atoms with Crippen molar-refractivity contribution in [2.24, 2.45) is 17.6 Å². The Bertz CT molecular complexity index is 259. The van der Waals surface area contributed by atoms with E-state index in [1.165, 1.54) is 44.9 Å². The van der Waals surface area contributed by atoms with Crippen molar-refractivity contribution in [3.05, 3.63) is 0 Å². The first-order valence-electron chi connectivity index (χ1n) is 8.36. The molecule has 2 rings (SSSR count). The quantitative estimate of drug-likeness (QED) is 0.823. The van der Waals surface area contributed by atoms with Gasteiger partial charge in [-0.2, -0.15) is 0 Å². The van der Waals surface area contributed by atoms with Crippen LogP contribution in [0.4, 0.5) is 0 Å². The highest BCUT2D eigenvalue weighted by molar-refractivity contribution is 4.85. The van der Waals surface area contributed by atoms with E-state index in [2.05, 4.69) is 31.2 Å². The summed E-state index contributed by atoms with van der Waals surface area (Å²) in [5, 5.41) is 2.50. The van der Waals surface area contributed by atoms with Crippen molar-refractivity contribution in [2.75, 3.05) is 6.54 Å². The van der Waals surface area contributed by atoms with Crippen LogP contribution in [-0.4, -0.2) is 29.7 Å². The van der Waals surface area contributed by atoms with Gasteiger partial charge in [-0.25, -0.2) is 5.01 Å². The molecule has 1 heterocycles. The molecule has 0 bridgehead atoms. The van der Waals surface area contributed by atoms with Crippen molar-refractivity contribution in [1.82, 2.24) is 10.4 Å². The Morgan fingerprint density at radius 1 is 1.05 bits per heavy atom. The van der Waals surface area contributed by atoms with Crippen molar-refractivity contribution in [3.63, 3.8) is 0 Å². The fraction of sp³-hybridized carbons (Fsp3) is 1.00. The number of nitrogens with one attached hydrogen (secondary N) is 1. The second kappa shape index (κ2) is 7.05. The molecule has 1 aliphatic heterocycles. The molecular formula is C16H33N3. The van der Waals surface area contributed by atoms with Crippen LogP contribution in [0.15, 0.2) is 0 Å². The third-order valence-corrected chi connectivity index (χ3v) is 5.31. The first-order valence-corrected chi connectivity index (χ1v) is 8.36. The highest BCUT2D eigenvalue weighted by atomic mass is 15.5. The van der Waals surface area contributed by atoms with Crippen LogP contribution in [0.25, 0.3) is 0 Å². The highest BCUT2D eigenvalue weighted by Gasteiger charge is 2.31. The summed E-state index contributed by atoms with van der Waals surface area (Å²) >= 11 is 0. The van der Waals surface area contributed by atoms with Crippen molar-refractivity contribution >= 4 is 0 Å². The molecule has 5 unspecified atom stereocenters. The summed E-state index contributed by atoms with van der Waals surface area (Å²) in [7, 11) is 0. The van der Waals surface area contributed by atoms with Gasteiger partial charge < -0.3 is 5.73 Å². The van der Waals surface area contributed by atoms with Crippen molar-refractivity contribution < 1.29 is 0 Å². The molecule has 0 spiro atoms. The molecule has 1 saturated carbocycles. The van der Waals surface area contributed by atoms with Gasteiger partial charge in [0.15, 0.2) is 0 Å². The Labute approximate surface area is 119 Å². The van der Waals surface area contributed by atoms with Gasteiger partial charge in [-0.15, -0.1) is 0 Å². The fourth-order valence-corrected chi connectivity index (χ4v) is 4.06. The summed E-state index contributed by atoms with van der Waals surface area (Å²) < 4.78 is 0. The largest absolute Gasteiger partial charge is 0.329 e. The normalized spacial score (nSPS) is 39.2. The third kappa shape index (κ3) is 3.93. The van der Waals surface area contributed by atoms with Gasteiger partial charge in [-0.3, -0.25) is 5.43 Å². The van der Waals surface area contributed by atoms with Crippen LogP contribution >= 0.6 is 0 Å². The van der Waals surface area contributed by atoms with E-state index in [1.807, 2.05) is 0 Å². The monoisotopic (exact) mass is 267 g/mol. The van der Waals surface area contributed by atoms with E-state index < -0.39 is 0 Å². The molecule has 3 N–H and O–H groups in total. The van der Waals surface area contributed by atoms with Crippen LogP contribution in [-0.2, 0) is 0 Å². The summed E-state index contributed by atoms with van der Waals surface area (Å²) in [6, 6.07) is 1.78. The van der Waals surface area contributed by atoms with Crippen LogP contribution in [0.2, 0.25) is 0 Å². The fourth-order valence-electron chi connectivity index (χ4n) is 4.06. The molecule has 1 aliphatic carbocycles. The Balaban J connectivity index is 1.93. The molecular weight excluding hydrogens is 234 g/mol. The van der Waals surface area contributed by atoms with Gasteiger partial charge >= 0.3 is 0 Å².